The summed E-state index contributed by atoms with van der Waals surface area (Å²) < 4.78 is 18.8. The molecule has 2 heterocycles. The van der Waals surface area contributed by atoms with Gasteiger partial charge < -0.3 is 14.9 Å². The second-order valence-corrected chi connectivity index (χ2v) is 6.46. The lowest BCUT2D eigenvalue weighted by Gasteiger charge is -2.36. The number of ether oxygens (including phenoxy) is 1. The average Bonchev–Trinajstić information content (AvgIpc) is 3.08. The molecule has 5 nitrogen and oxygen atoms in total. The van der Waals surface area contributed by atoms with Crippen molar-refractivity contribution in [1.82, 2.24) is 5.32 Å². The SMILES string of the molecule is C#CCNC(=O)C1(CC2CC(c3cccc(F)c3)=NO2)CCOCC1. The van der Waals surface area contributed by atoms with E-state index in [0.29, 0.717) is 50.2 Å². The first-order chi connectivity index (χ1) is 12.1. The summed E-state index contributed by atoms with van der Waals surface area (Å²) in [6.07, 6.45) is 7.36. The fourth-order valence-corrected chi connectivity index (χ4v) is 3.42. The minimum atomic E-state index is -0.563. The van der Waals surface area contributed by atoms with Crippen LogP contribution in [0.1, 0.15) is 31.2 Å². The number of nitrogens with one attached hydrogen (secondary N) is 1. The van der Waals surface area contributed by atoms with Gasteiger partial charge in [0.1, 0.15) is 11.9 Å². The van der Waals surface area contributed by atoms with Gasteiger partial charge in [-0.25, -0.2) is 4.39 Å². The number of hydrogen-bond acceptors (Lipinski definition) is 4. The quantitative estimate of drug-likeness (QED) is 0.834. The average molecular weight is 344 g/mol. The topological polar surface area (TPSA) is 59.9 Å². The molecular formula is C19H21FN2O3. The van der Waals surface area contributed by atoms with E-state index in [2.05, 4.69) is 16.4 Å². The summed E-state index contributed by atoms with van der Waals surface area (Å²) in [4.78, 5) is 18.2. The zero-order valence-corrected chi connectivity index (χ0v) is 14.0. The minimum Gasteiger partial charge on any atom is -0.392 e. The smallest absolute Gasteiger partial charge is 0.227 e. The molecule has 0 radical (unpaired) electrons. The maximum atomic E-state index is 13.4. The van der Waals surface area contributed by atoms with Gasteiger partial charge in [-0.3, -0.25) is 4.79 Å². The molecule has 1 aromatic carbocycles. The Morgan fingerprint density at radius 2 is 2.24 bits per heavy atom. The molecule has 0 saturated carbocycles. The standard InChI is InChI=1S/C19H21FN2O3/c1-2-8-21-18(23)19(6-9-24-10-7-19)13-16-12-17(22-25-16)14-4-3-5-15(20)11-14/h1,3-5,11,16H,6-10,12-13H2,(H,21,23). The molecule has 3 rings (SSSR count). The molecule has 1 atom stereocenters. The van der Waals surface area contributed by atoms with Crippen molar-refractivity contribution in [3.63, 3.8) is 0 Å². The van der Waals surface area contributed by atoms with Crippen LogP contribution >= 0.6 is 0 Å². The van der Waals surface area contributed by atoms with Crippen LogP contribution in [0.5, 0.6) is 0 Å². The Morgan fingerprint density at radius 3 is 2.96 bits per heavy atom. The highest BCUT2D eigenvalue weighted by atomic mass is 19.1. The normalized spacial score (nSPS) is 21.8. The van der Waals surface area contributed by atoms with Gasteiger partial charge in [-0.1, -0.05) is 23.2 Å². The van der Waals surface area contributed by atoms with Gasteiger partial charge in [0.05, 0.1) is 17.7 Å². The van der Waals surface area contributed by atoms with Crippen molar-refractivity contribution in [2.24, 2.45) is 10.6 Å². The number of carbonyl (C=O) groups excluding carboxylic acids is 1. The number of nitrogens with zero attached hydrogens (tertiary/aromatic N) is 1. The summed E-state index contributed by atoms with van der Waals surface area (Å²) in [6.45, 7) is 1.28. The number of benzene rings is 1. The van der Waals surface area contributed by atoms with E-state index in [9.17, 15) is 9.18 Å². The molecule has 0 spiro atoms. The fraction of sp³-hybridized carbons (Fsp3) is 0.474. The van der Waals surface area contributed by atoms with Crippen molar-refractivity contribution in [3.8, 4) is 12.3 Å². The van der Waals surface area contributed by atoms with E-state index < -0.39 is 5.41 Å². The Morgan fingerprint density at radius 1 is 1.44 bits per heavy atom. The molecule has 0 bridgehead atoms. The molecule has 1 N–H and O–H groups in total. The van der Waals surface area contributed by atoms with E-state index in [1.807, 2.05) is 0 Å². The van der Waals surface area contributed by atoms with Crippen LogP contribution in [-0.4, -0.2) is 37.5 Å². The van der Waals surface area contributed by atoms with Crippen LogP contribution in [0.25, 0.3) is 0 Å². The van der Waals surface area contributed by atoms with Crippen LogP contribution in [0.3, 0.4) is 0 Å². The van der Waals surface area contributed by atoms with Crippen LogP contribution in [0.15, 0.2) is 29.4 Å². The third kappa shape index (κ3) is 3.99. The maximum Gasteiger partial charge on any atom is 0.227 e. The summed E-state index contributed by atoms with van der Waals surface area (Å²) in [5, 5.41) is 6.90. The number of rotatable bonds is 5. The lowest BCUT2D eigenvalue weighted by molar-refractivity contribution is -0.139. The summed E-state index contributed by atoms with van der Waals surface area (Å²) in [6, 6.07) is 6.28. The van der Waals surface area contributed by atoms with Crippen molar-refractivity contribution < 1.29 is 18.8 Å². The minimum absolute atomic E-state index is 0.0587. The third-order valence-electron chi connectivity index (χ3n) is 4.79. The molecule has 1 saturated heterocycles. The van der Waals surface area contributed by atoms with Gasteiger partial charge in [0.15, 0.2) is 0 Å². The zero-order valence-electron chi connectivity index (χ0n) is 14.0. The highest BCUT2D eigenvalue weighted by Gasteiger charge is 2.43. The molecule has 0 aromatic heterocycles. The van der Waals surface area contributed by atoms with Crippen LogP contribution in [0.4, 0.5) is 4.39 Å². The fourth-order valence-electron chi connectivity index (χ4n) is 3.42. The van der Waals surface area contributed by atoms with Crippen LogP contribution in [0, 0.1) is 23.6 Å². The van der Waals surface area contributed by atoms with Crippen molar-refractivity contribution in [2.75, 3.05) is 19.8 Å². The summed E-state index contributed by atoms with van der Waals surface area (Å²) in [5.74, 6) is 2.06. The van der Waals surface area contributed by atoms with Crippen LogP contribution < -0.4 is 5.32 Å². The van der Waals surface area contributed by atoms with Crippen molar-refractivity contribution >= 4 is 11.6 Å². The van der Waals surface area contributed by atoms with Gasteiger partial charge in [0.25, 0.3) is 0 Å². The van der Waals surface area contributed by atoms with Gasteiger partial charge >= 0.3 is 0 Å². The molecule has 6 heteroatoms. The number of terminal acetylenes is 1. The maximum absolute atomic E-state index is 13.4. The second-order valence-electron chi connectivity index (χ2n) is 6.46. The highest BCUT2D eigenvalue weighted by molar-refractivity contribution is 6.01. The summed E-state index contributed by atoms with van der Waals surface area (Å²) in [5.41, 5.74) is 0.850. The number of oxime groups is 1. The summed E-state index contributed by atoms with van der Waals surface area (Å²) >= 11 is 0. The molecule has 1 aromatic rings. The predicted octanol–water partition coefficient (Wildman–Crippen LogP) is 2.25. The van der Waals surface area contributed by atoms with Gasteiger partial charge in [0, 0.05) is 31.6 Å². The van der Waals surface area contributed by atoms with E-state index in [1.165, 1.54) is 12.1 Å². The van der Waals surface area contributed by atoms with E-state index in [-0.39, 0.29) is 24.4 Å². The zero-order chi connectivity index (χ0) is 17.7. The molecule has 2 aliphatic rings. The lowest BCUT2D eigenvalue weighted by atomic mass is 9.74. The predicted molar refractivity (Wildman–Crippen MR) is 91.4 cm³/mol. The van der Waals surface area contributed by atoms with Gasteiger partial charge in [-0.05, 0) is 25.0 Å². The molecule has 0 aliphatic carbocycles. The van der Waals surface area contributed by atoms with E-state index in [0.717, 1.165) is 0 Å². The van der Waals surface area contributed by atoms with E-state index in [1.54, 1.807) is 12.1 Å². The molecular weight excluding hydrogens is 323 g/mol. The third-order valence-corrected chi connectivity index (χ3v) is 4.79. The molecule has 132 valence electrons. The molecule has 1 amide bonds. The second kappa shape index (κ2) is 7.66. The van der Waals surface area contributed by atoms with Crippen LogP contribution in [-0.2, 0) is 14.4 Å². The van der Waals surface area contributed by atoms with E-state index >= 15 is 0 Å². The Labute approximate surface area is 146 Å². The number of hydrogen-bond donors (Lipinski definition) is 1. The first-order valence-electron chi connectivity index (χ1n) is 8.41. The highest BCUT2D eigenvalue weighted by Crippen LogP contribution is 2.38. The Bertz CT molecular complexity index is 705. The largest absolute Gasteiger partial charge is 0.392 e. The number of amides is 1. The molecule has 25 heavy (non-hydrogen) atoms. The van der Waals surface area contributed by atoms with Gasteiger partial charge in [0.2, 0.25) is 5.91 Å². The van der Waals surface area contributed by atoms with Crippen molar-refractivity contribution in [2.45, 2.75) is 31.8 Å². The molecule has 1 fully saturated rings. The Kier molecular flexibility index (Phi) is 5.34. The van der Waals surface area contributed by atoms with Crippen molar-refractivity contribution in [3.05, 3.63) is 35.6 Å². The number of carbonyl (C=O) groups is 1. The summed E-state index contributed by atoms with van der Waals surface area (Å²) in [7, 11) is 0. The lowest BCUT2D eigenvalue weighted by Crippen LogP contribution is -2.46. The first-order valence-corrected chi connectivity index (χ1v) is 8.41. The molecule has 1 unspecified atom stereocenters. The Hall–Kier alpha value is -2.39. The Balaban J connectivity index is 1.67. The van der Waals surface area contributed by atoms with Crippen LogP contribution in [0.2, 0.25) is 0 Å². The number of halogens is 1. The van der Waals surface area contributed by atoms with E-state index in [4.69, 9.17) is 16.0 Å². The van der Waals surface area contributed by atoms with Gasteiger partial charge in [-0.2, -0.15) is 0 Å². The monoisotopic (exact) mass is 344 g/mol. The van der Waals surface area contributed by atoms with Crippen molar-refractivity contribution in [1.29, 1.82) is 0 Å². The molecule has 2 aliphatic heterocycles. The van der Waals surface area contributed by atoms with Gasteiger partial charge in [-0.15, -0.1) is 6.42 Å². The first kappa shape index (κ1) is 17.4.